The van der Waals surface area contributed by atoms with E-state index in [-0.39, 0.29) is 17.3 Å². The summed E-state index contributed by atoms with van der Waals surface area (Å²) in [5, 5.41) is 0.731. The number of carbonyl (C=O) groups is 1. The summed E-state index contributed by atoms with van der Waals surface area (Å²) in [6.45, 7) is 7.25. The summed E-state index contributed by atoms with van der Waals surface area (Å²) < 4.78 is 5.92. The van der Waals surface area contributed by atoms with Crippen LogP contribution in [0.4, 0.5) is 0 Å². The van der Waals surface area contributed by atoms with Crippen LogP contribution in [0.3, 0.4) is 0 Å². The molecule has 0 spiro atoms. The molecule has 0 aromatic heterocycles. The minimum absolute atomic E-state index is 0.0575. The Labute approximate surface area is 161 Å². The fourth-order valence-electron chi connectivity index (χ4n) is 3.50. The molecule has 2 nitrogen and oxygen atoms in total. The Morgan fingerprint density at radius 2 is 1.73 bits per heavy atom. The molecule has 0 amide bonds. The van der Waals surface area contributed by atoms with Crippen molar-refractivity contribution in [1.82, 2.24) is 0 Å². The standard InChI is InChI=1S/C23H27ClO2/c1-23(2,3)19-8-4-17(5-9-19)21(25)14-16-12-13-26-22(15-16)18-6-10-20(24)11-7-18/h4-11,16,22H,12-15H2,1-3H3/t16-,22-/m1/s1. The Morgan fingerprint density at radius 3 is 2.35 bits per heavy atom. The SMILES string of the molecule is CC(C)(C)c1ccc(C(=O)C[C@H]2CCO[C@@H](c3ccc(Cl)cc3)C2)cc1. The van der Waals surface area contributed by atoms with E-state index in [9.17, 15) is 4.79 Å². The summed E-state index contributed by atoms with van der Waals surface area (Å²) in [6.07, 6.45) is 2.47. The zero-order valence-corrected chi connectivity index (χ0v) is 16.6. The van der Waals surface area contributed by atoms with Gasteiger partial charge in [0.2, 0.25) is 0 Å². The molecule has 0 bridgehead atoms. The van der Waals surface area contributed by atoms with E-state index in [1.54, 1.807) is 0 Å². The first kappa shape index (κ1) is 19.1. The number of halogens is 1. The molecule has 26 heavy (non-hydrogen) atoms. The van der Waals surface area contributed by atoms with E-state index in [4.69, 9.17) is 16.3 Å². The number of hydrogen-bond acceptors (Lipinski definition) is 2. The van der Waals surface area contributed by atoms with Gasteiger partial charge in [-0.3, -0.25) is 4.79 Å². The third-order valence-electron chi connectivity index (χ3n) is 5.18. The fourth-order valence-corrected chi connectivity index (χ4v) is 3.62. The Balaban J connectivity index is 1.62. The molecule has 1 heterocycles. The van der Waals surface area contributed by atoms with Gasteiger partial charge in [0.05, 0.1) is 6.10 Å². The highest BCUT2D eigenvalue weighted by Crippen LogP contribution is 2.34. The third kappa shape index (κ3) is 4.75. The Bertz CT molecular complexity index is 741. The number of carbonyl (C=O) groups excluding carboxylic acids is 1. The number of ketones is 1. The summed E-state index contributed by atoms with van der Waals surface area (Å²) >= 11 is 5.97. The van der Waals surface area contributed by atoms with Crippen LogP contribution < -0.4 is 0 Å². The summed E-state index contributed by atoms with van der Waals surface area (Å²) in [6, 6.07) is 15.9. The van der Waals surface area contributed by atoms with Crippen LogP contribution in [0, 0.1) is 5.92 Å². The van der Waals surface area contributed by atoms with Gasteiger partial charge in [-0.15, -0.1) is 0 Å². The third-order valence-corrected chi connectivity index (χ3v) is 5.43. The molecule has 0 saturated carbocycles. The van der Waals surface area contributed by atoms with E-state index < -0.39 is 0 Å². The summed E-state index contributed by atoms with van der Waals surface area (Å²) in [5.41, 5.74) is 3.31. The van der Waals surface area contributed by atoms with Crippen LogP contribution in [-0.2, 0) is 10.2 Å². The molecular formula is C23H27ClO2. The van der Waals surface area contributed by atoms with E-state index in [1.807, 2.05) is 36.4 Å². The topological polar surface area (TPSA) is 26.3 Å². The van der Waals surface area contributed by atoms with Gasteiger partial charge in [0.15, 0.2) is 5.78 Å². The second-order valence-corrected chi connectivity index (χ2v) is 8.69. The van der Waals surface area contributed by atoms with Gasteiger partial charge in [-0.2, -0.15) is 0 Å². The van der Waals surface area contributed by atoms with Crippen molar-refractivity contribution in [2.24, 2.45) is 5.92 Å². The molecule has 3 heteroatoms. The lowest BCUT2D eigenvalue weighted by Gasteiger charge is -2.29. The van der Waals surface area contributed by atoms with Gasteiger partial charge in [0.25, 0.3) is 0 Å². The Kier molecular flexibility index (Phi) is 5.84. The number of Topliss-reactive ketones (excluding diaryl/α,β-unsaturated/α-hetero) is 1. The van der Waals surface area contributed by atoms with Gasteiger partial charge in [-0.1, -0.05) is 68.8 Å². The minimum Gasteiger partial charge on any atom is -0.374 e. The lowest BCUT2D eigenvalue weighted by molar-refractivity contribution is -0.0108. The van der Waals surface area contributed by atoms with Crippen LogP contribution >= 0.6 is 11.6 Å². The molecule has 0 unspecified atom stereocenters. The number of ether oxygens (including phenoxy) is 1. The maximum atomic E-state index is 12.7. The summed E-state index contributed by atoms with van der Waals surface area (Å²) in [7, 11) is 0. The first-order chi connectivity index (χ1) is 12.3. The Hall–Kier alpha value is -1.64. The van der Waals surface area contributed by atoms with E-state index in [0.29, 0.717) is 18.9 Å². The average Bonchev–Trinajstić information content (AvgIpc) is 2.62. The highest BCUT2D eigenvalue weighted by atomic mass is 35.5. The molecule has 2 aromatic rings. The van der Waals surface area contributed by atoms with Crippen molar-refractivity contribution in [3.63, 3.8) is 0 Å². The largest absolute Gasteiger partial charge is 0.374 e. The second kappa shape index (κ2) is 7.94. The number of rotatable bonds is 4. The molecular weight excluding hydrogens is 344 g/mol. The first-order valence-electron chi connectivity index (χ1n) is 9.34. The normalized spacial score (nSPS) is 20.8. The quantitative estimate of drug-likeness (QED) is 0.584. The van der Waals surface area contributed by atoms with Gasteiger partial charge in [0.1, 0.15) is 0 Å². The second-order valence-electron chi connectivity index (χ2n) is 8.26. The molecule has 1 aliphatic heterocycles. The molecule has 0 radical (unpaired) electrons. The summed E-state index contributed by atoms with van der Waals surface area (Å²) in [4.78, 5) is 12.7. The van der Waals surface area contributed by atoms with Crippen molar-refractivity contribution in [2.45, 2.75) is 51.6 Å². The molecule has 2 atom stereocenters. The van der Waals surface area contributed by atoms with Crippen LogP contribution in [-0.4, -0.2) is 12.4 Å². The predicted octanol–water partition coefficient (Wildman–Crippen LogP) is 6.38. The monoisotopic (exact) mass is 370 g/mol. The van der Waals surface area contributed by atoms with Gasteiger partial charge in [-0.05, 0) is 47.4 Å². The van der Waals surface area contributed by atoms with E-state index in [1.165, 1.54) is 5.56 Å². The van der Waals surface area contributed by atoms with Crippen molar-refractivity contribution in [1.29, 1.82) is 0 Å². The van der Waals surface area contributed by atoms with Crippen molar-refractivity contribution >= 4 is 17.4 Å². The van der Waals surface area contributed by atoms with Crippen LogP contribution in [0.2, 0.25) is 5.02 Å². The van der Waals surface area contributed by atoms with E-state index >= 15 is 0 Å². The van der Waals surface area contributed by atoms with Gasteiger partial charge in [-0.25, -0.2) is 0 Å². The minimum atomic E-state index is 0.0575. The van der Waals surface area contributed by atoms with Crippen molar-refractivity contribution < 1.29 is 9.53 Å². The summed E-state index contributed by atoms with van der Waals surface area (Å²) in [5.74, 6) is 0.589. The fraction of sp³-hybridized carbons (Fsp3) is 0.435. The number of benzene rings is 2. The van der Waals surface area contributed by atoms with Crippen molar-refractivity contribution in [3.05, 3.63) is 70.2 Å². The lowest BCUT2D eigenvalue weighted by Crippen LogP contribution is -2.22. The van der Waals surface area contributed by atoms with Crippen LogP contribution in [0.5, 0.6) is 0 Å². The Morgan fingerprint density at radius 1 is 1.08 bits per heavy atom. The molecule has 1 fully saturated rings. The zero-order chi connectivity index (χ0) is 18.7. The molecule has 0 aliphatic carbocycles. The van der Waals surface area contributed by atoms with Crippen LogP contribution in [0.25, 0.3) is 0 Å². The van der Waals surface area contributed by atoms with Gasteiger partial charge in [0, 0.05) is 23.6 Å². The van der Waals surface area contributed by atoms with Crippen molar-refractivity contribution in [3.8, 4) is 0 Å². The maximum absolute atomic E-state index is 12.7. The molecule has 138 valence electrons. The van der Waals surface area contributed by atoms with E-state index in [0.717, 1.165) is 29.0 Å². The molecule has 2 aromatic carbocycles. The molecule has 3 rings (SSSR count). The van der Waals surface area contributed by atoms with Crippen LogP contribution in [0.15, 0.2) is 48.5 Å². The maximum Gasteiger partial charge on any atom is 0.163 e. The zero-order valence-electron chi connectivity index (χ0n) is 15.8. The predicted molar refractivity (Wildman–Crippen MR) is 107 cm³/mol. The number of hydrogen-bond donors (Lipinski definition) is 0. The molecule has 1 aliphatic rings. The lowest BCUT2D eigenvalue weighted by atomic mass is 9.84. The van der Waals surface area contributed by atoms with E-state index in [2.05, 4.69) is 32.9 Å². The smallest absolute Gasteiger partial charge is 0.163 e. The molecule has 1 saturated heterocycles. The average molecular weight is 371 g/mol. The molecule has 0 N–H and O–H groups in total. The van der Waals surface area contributed by atoms with Crippen molar-refractivity contribution in [2.75, 3.05) is 6.61 Å². The first-order valence-corrected chi connectivity index (χ1v) is 9.71. The van der Waals surface area contributed by atoms with Gasteiger partial charge >= 0.3 is 0 Å². The van der Waals surface area contributed by atoms with Gasteiger partial charge < -0.3 is 4.74 Å². The highest BCUT2D eigenvalue weighted by molar-refractivity contribution is 6.30. The highest BCUT2D eigenvalue weighted by Gasteiger charge is 2.26. The van der Waals surface area contributed by atoms with Crippen LogP contribution in [0.1, 0.15) is 67.6 Å².